The Bertz CT molecular complexity index is 635. The molecule has 0 spiro atoms. The van der Waals surface area contributed by atoms with Crippen molar-refractivity contribution < 1.29 is 9.50 Å². The number of fused-ring (bicyclic) bond motifs is 1. The number of hydrogen-bond donors (Lipinski definition) is 1. The zero-order valence-electron chi connectivity index (χ0n) is 10.7. The summed E-state index contributed by atoms with van der Waals surface area (Å²) in [4.78, 5) is 0. The molecule has 100 valence electrons. The Labute approximate surface area is 120 Å². The van der Waals surface area contributed by atoms with Crippen molar-refractivity contribution in [2.24, 2.45) is 0 Å². The molecule has 3 rings (SSSR count). The van der Waals surface area contributed by atoms with Crippen LogP contribution in [0.5, 0.6) is 0 Å². The van der Waals surface area contributed by atoms with Gasteiger partial charge in [-0.1, -0.05) is 0 Å². The summed E-state index contributed by atoms with van der Waals surface area (Å²) in [6.45, 7) is 1.99. The third kappa shape index (κ3) is 2.13. The molecule has 0 saturated heterocycles. The van der Waals surface area contributed by atoms with E-state index in [9.17, 15) is 9.50 Å². The molecule has 0 amide bonds. The molecule has 1 heterocycles. The maximum atomic E-state index is 13.5. The molecule has 2 aromatic rings. The Kier molecular flexibility index (Phi) is 3.23. The van der Waals surface area contributed by atoms with Crippen LogP contribution in [0.3, 0.4) is 0 Å². The second-order valence-electron chi connectivity index (χ2n) is 5.03. The Balaban J connectivity index is 2.23. The lowest BCUT2D eigenvalue weighted by atomic mass is 9.95. The van der Waals surface area contributed by atoms with Crippen LogP contribution in [0.15, 0.2) is 28.7 Å². The van der Waals surface area contributed by atoms with Crippen molar-refractivity contribution in [2.45, 2.75) is 32.3 Å². The monoisotopic (exact) mass is 323 g/mol. The van der Waals surface area contributed by atoms with E-state index in [1.54, 1.807) is 6.07 Å². The third-order valence-electron chi connectivity index (χ3n) is 3.72. The van der Waals surface area contributed by atoms with Gasteiger partial charge in [0.2, 0.25) is 0 Å². The average Bonchev–Trinajstić information content (AvgIpc) is 2.70. The van der Waals surface area contributed by atoms with E-state index in [0.717, 1.165) is 46.4 Å². The minimum atomic E-state index is -0.393. The van der Waals surface area contributed by atoms with Gasteiger partial charge in [0, 0.05) is 21.4 Å². The predicted molar refractivity (Wildman–Crippen MR) is 76.1 cm³/mol. The summed E-state index contributed by atoms with van der Waals surface area (Å²) in [7, 11) is 0. The zero-order valence-corrected chi connectivity index (χ0v) is 12.2. The highest BCUT2D eigenvalue weighted by Gasteiger charge is 2.24. The number of aryl methyl sites for hydroxylation is 1. The highest BCUT2D eigenvalue weighted by molar-refractivity contribution is 9.10. The van der Waals surface area contributed by atoms with Crippen LogP contribution in [0.25, 0.3) is 5.69 Å². The number of aliphatic hydroxyl groups excluding tert-OH is 1. The summed E-state index contributed by atoms with van der Waals surface area (Å²) < 4.78 is 16.4. The SMILES string of the molecule is Cc1cc2c(n1-c1cc(F)ccc1Br)CCCC2O. The molecule has 4 heteroatoms. The van der Waals surface area contributed by atoms with Crippen LogP contribution in [0.4, 0.5) is 4.39 Å². The molecule has 0 fully saturated rings. The summed E-state index contributed by atoms with van der Waals surface area (Å²) in [6.07, 6.45) is 2.30. The molecule has 1 unspecified atom stereocenters. The van der Waals surface area contributed by atoms with Gasteiger partial charge >= 0.3 is 0 Å². The van der Waals surface area contributed by atoms with Crippen LogP contribution in [-0.4, -0.2) is 9.67 Å². The van der Waals surface area contributed by atoms with E-state index in [2.05, 4.69) is 15.9 Å². The lowest BCUT2D eigenvalue weighted by Gasteiger charge is -2.21. The minimum absolute atomic E-state index is 0.253. The summed E-state index contributed by atoms with van der Waals surface area (Å²) in [5, 5.41) is 10.1. The highest BCUT2D eigenvalue weighted by atomic mass is 79.9. The predicted octanol–water partition coefficient (Wildman–Crippen LogP) is 4.06. The van der Waals surface area contributed by atoms with Gasteiger partial charge in [-0.25, -0.2) is 4.39 Å². The summed E-state index contributed by atoms with van der Waals surface area (Å²) >= 11 is 3.48. The van der Waals surface area contributed by atoms with Gasteiger partial charge in [-0.2, -0.15) is 0 Å². The molecule has 1 aliphatic rings. The van der Waals surface area contributed by atoms with Crippen molar-refractivity contribution in [1.82, 2.24) is 4.57 Å². The third-order valence-corrected chi connectivity index (χ3v) is 4.39. The molecule has 1 N–H and O–H groups in total. The van der Waals surface area contributed by atoms with Gasteiger partial charge in [0.05, 0.1) is 11.8 Å². The van der Waals surface area contributed by atoms with Crippen molar-refractivity contribution in [1.29, 1.82) is 0 Å². The van der Waals surface area contributed by atoms with Crippen molar-refractivity contribution in [3.8, 4) is 5.69 Å². The van der Waals surface area contributed by atoms with Crippen LogP contribution < -0.4 is 0 Å². The quantitative estimate of drug-likeness (QED) is 0.841. The van der Waals surface area contributed by atoms with E-state index < -0.39 is 6.10 Å². The van der Waals surface area contributed by atoms with E-state index in [0.29, 0.717) is 0 Å². The molecule has 0 bridgehead atoms. The van der Waals surface area contributed by atoms with Crippen LogP contribution in [0.1, 0.15) is 35.9 Å². The number of nitrogens with zero attached hydrogens (tertiary/aromatic N) is 1. The fourth-order valence-electron chi connectivity index (χ4n) is 2.87. The largest absolute Gasteiger partial charge is 0.388 e. The van der Waals surface area contributed by atoms with E-state index in [-0.39, 0.29) is 5.82 Å². The number of aliphatic hydroxyl groups is 1. The van der Waals surface area contributed by atoms with Crippen molar-refractivity contribution in [3.63, 3.8) is 0 Å². The average molecular weight is 324 g/mol. The Morgan fingerprint density at radius 1 is 1.37 bits per heavy atom. The summed E-state index contributed by atoms with van der Waals surface area (Å²) in [6, 6.07) is 6.69. The van der Waals surface area contributed by atoms with Gasteiger partial charge in [0.25, 0.3) is 0 Å². The van der Waals surface area contributed by atoms with Gasteiger partial charge in [-0.15, -0.1) is 0 Å². The summed E-state index contributed by atoms with van der Waals surface area (Å²) in [5.41, 5.74) is 3.91. The minimum Gasteiger partial charge on any atom is -0.388 e. The molecule has 1 aromatic heterocycles. The first-order chi connectivity index (χ1) is 9.08. The first-order valence-corrected chi connectivity index (χ1v) is 7.22. The molecule has 0 saturated carbocycles. The van der Waals surface area contributed by atoms with Crippen molar-refractivity contribution in [3.05, 3.63) is 51.5 Å². The van der Waals surface area contributed by atoms with E-state index in [1.807, 2.05) is 17.6 Å². The molecule has 1 aliphatic carbocycles. The topological polar surface area (TPSA) is 25.2 Å². The highest BCUT2D eigenvalue weighted by Crippen LogP contribution is 2.35. The normalized spacial score (nSPS) is 18.4. The number of aromatic nitrogens is 1. The van der Waals surface area contributed by atoms with E-state index in [4.69, 9.17) is 0 Å². The van der Waals surface area contributed by atoms with Crippen molar-refractivity contribution in [2.75, 3.05) is 0 Å². The maximum absolute atomic E-state index is 13.5. The van der Waals surface area contributed by atoms with Gasteiger partial charge in [0.1, 0.15) is 5.82 Å². The Morgan fingerprint density at radius 3 is 2.95 bits per heavy atom. The first kappa shape index (κ1) is 12.9. The van der Waals surface area contributed by atoms with Gasteiger partial charge in [0.15, 0.2) is 0 Å². The Hall–Kier alpha value is -1.13. The lowest BCUT2D eigenvalue weighted by Crippen LogP contribution is -2.12. The van der Waals surface area contributed by atoms with E-state index >= 15 is 0 Å². The van der Waals surface area contributed by atoms with Gasteiger partial charge in [-0.05, 0) is 66.4 Å². The first-order valence-electron chi connectivity index (χ1n) is 6.42. The van der Waals surface area contributed by atoms with Crippen LogP contribution in [0, 0.1) is 12.7 Å². The smallest absolute Gasteiger partial charge is 0.125 e. The van der Waals surface area contributed by atoms with Gasteiger partial charge in [-0.3, -0.25) is 0 Å². The molecule has 2 nitrogen and oxygen atoms in total. The Morgan fingerprint density at radius 2 is 2.16 bits per heavy atom. The zero-order chi connectivity index (χ0) is 13.6. The molecule has 19 heavy (non-hydrogen) atoms. The molecule has 0 aliphatic heterocycles. The van der Waals surface area contributed by atoms with Crippen molar-refractivity contribution >= 4 is 15.9 Å². The fraction of sp³-hybridized carbons (Fsp3) is 0.333. The second-order valence-corrected chi connectivity index (χ2v) is 5.88. The maximum Gasteiger partial charge on any atom is 0.125 e. The molecular formula is C15H15BrFNO. The van der Waals surface area contributed by atoms with Crippen LogP contribution in [0.2, 0.25) is 0 Å². The van der Waals surface area contributed by atoms with Gasteiger partial charge < -0.3 is 9.67 Å². The number of benzene rings is 1. The molecule has 1 atom stereocenters. The summed E-state index contributed by atoms with van der Waals surface area (Å²) in [5.74, 6) is -0.253. The molecular weight excluding hydrogens is 309 g/mol. The van der Waals surface area contributed by atoms with Crippen LogP contribution in [-0.2, 0) is 6.42 Å². The van der Waals surface area contributed by atoms with Crippen LogP contribution >= 0.6 is 15.9 Å². The number of rotatable bonds is 1. The van der Waals surface area contributed by atoms with E-state index in [1.165, 1.54) is 12.1 Å². The molecule has 1 aromatic carbocycles. The second kappa shape index (κ2) is 4.76. The lowest BCUT2D eigenvalue weighted by molar-refractivity contribution is 0.156. The number of halogens is 2. The number of hydrogen-bond acceptors (Lipinski definition) is 1. The standard InChI is InChI=1S/C15H15BrFNO/c1-9-7-11-13(3-2-4-15(11)19)18(9)14-8-10(17)5-6-12(14)16/h5-8,15,19H,2-4H2,1H3. The fourth-order valence-corrected chi connectivity index (χ4v) is 3.29. The molecule has 0 radical (unpaired) electrons.